The van der Waals surface area contributed by atoms with Crippen molar-refractivity contribution in [1.29, 1.82) is 0 Å². The number of aliphatic hydroxyl groups is 1. The van der Waals surface area contributed by atoms with Crippen LogP contribution in [0.3, 0.4) is 0 Å². The molecule has 0 radical (unpaired) electrons. The first-order valence-electron chi connectivity index (χ1n) is 6.52. The lowest BCUT2D eigenvalue weighted by Crippen LogP contribution is -2.07. The van der Waals surface area contributed by atoms with Crippen LogP contribution >= 0.6 is 0 Å². The molecule has 0 saturated heterocycles. The molecule has 116 valence electrons. The predicted octanol–water partition coefficient (Wildman–Crippen LogP) is 2.20. The van der Waals surface area contributed by atoms with Crippen LogP contribution in [0, 0.1) is 10.1 Å². The highest BCUT2D eigenvalue weighted by Crippen LogP contribution is 2.16. The maximum absolute atomic E-state index is 12.2. The SMILES string of the molecule is O=[N+]([O-])c1ccc(CS(=O)(=O)Cc2ccc(CO)cc2)cc1. The summed E-state index contributed by atoms with van der Waals surface area (Å²) in [4.78, 5) is 10.0. The van der Waals surface area contributed by atoms with Gasteiger partial charge in [0, 0.05) is 12.1 Å². The van der Waals surface area contributed by atoms with Crippen LogP contribution < -0.4 is 0 Å². The average molecular weight is 321 g/mol. The summed E-state index contributed by atoms with van der Waals surface area (Å²) in [6.07, 6.45) is 0. The molecule has 0 spiro atoms. The van der Waals surface area contributed by atoms with E-state index in [4.69, 9.17) is 5.11 Å². The Balaban J connectivity index is 2.08. The van der Waals surface area contributed by atoms with E-state index in [1.807, 2.05) is 0 Å². The molecule has 7 heteroatoms. The van der Waals surface area contributed by atoms with E-state index >= 15 is 0 Å². The fraction of sp³-hybridized carbons (Fsp3) is 0.200. The molecule has 0 heterocycles. The van der Waals surface area contributed by atoms with E-state index in [9.17, 15) is 18.5 Å². The molecule has 2 aromatic carbocycles. The summed E-state index contributed by atoms with van der Waals surface area (Å²) < 4.78 is 24.3. The molecule has 0 aromatic heterocycles. The second-order valence-corrected chi connectivity index (χ2v) is 6.99. The van der Waals surface area contributed by atoms with Crippen molar-refractivity contribution in [2.75, 3.05) is 0 Å². The number of aliphatic hydroxyl groups excluding tert-OH is 1. The van der Waals surface area contributed by atoms with E-state index in [2.05, 4.69) is 0 Å². The van der Waals surface area contributed by atoms with Crippen molar-refractivity contribution < 1.29 is 18.4 Å². The first-order chi connectivity index (χ1) is 10.4. The number of benzene rings is 2. The van der Waals surface area contributed by atoms with Crippen LogP contribution in [0.4, 0.5) is 5.69 Å². The van der Waals surface area contributed by atoms with Crippen molar-refractivity contribution >= 4 is 15.5 Å². The molecule has 0 atom stereocenters. The minimum Gasteiger partial charge on any atom is -0.392 e. The Morgan fingerprint density at radius 2 is 1.27 bits per heavy atom. The zero-order valence-electron chi connectivity index (χ0n) is 11.7. The van der Waals surface area contributed by atoms with E-state index in [1.165, 1.54) is 24.3 Å². The van der Waals surface area contributed by atoms with Crippen LogP contribution in [-0.4, -0.2) is 18.4 Å². The molecular weight excluding hydrogens is 306 g/mol. The number of nitro benzene ring substituents is 1. The smallest absolute Gasteiger partial charge is 0.269 e. The van der Waals surface area contributed by atoms with E-state index < -0.39 is 14.8 Å². The number of non-ortho nitro benzene ring substituents is 1. The summed E-state index contributed by atoms with van der Waals surface area (Å²) >= 11 is 0. The van der Waals surface area contributed by atoms with Crippen LogP contribution in [0.2, 0.25) is 0 Å². The highest BCUT2D eigenvalue weighted by Gasteiger charge is 2.14. The largest absolute Gasteiger partial charge is 0.392 e. The zero-order chi connectivity index (χ0) is 16.2. The molecule has 0 aliphatic rings. The molecule has 0 unspecified atom stereocenters. The summed E-state index contributed by atoms with van der Waals surface area (Å²) in [5, 5.41) is 19.5. The molecule has 0 bridgehead atoms. The van der Waals surface area contributed by atoms with Crippen LogP contribution in [0.5, 0.6) is 0 Å². The van der Waals surface area contributed by atoms with Gasteiger partial charge in [-0.1, -0.05) is 36.4 Å². The van der Waals surface area contributed by atoms with Gasteiger partial charge >= 0.3 is 0 Å². The first kappa shape index (κ1) is 16.1. The normalized spacial score (nSPS) is 11.3. The summed E-state index contributed by atoms with van der Waals surface area (Å²) in [6.45, 7) is -0.0875. The van der Waals surface area contributed by atoms with Gasteiger partial charge in [-0.3, -0.25) is 10.1 Å². The van der Waals surface area contributed by atoms with Gasteiger partial charge in [0.15, 0.2) is 9.84 Å². The third-order valence-corrected chi connectivity index (χ3v) is 4.67. The lowest BCUT2D eigenvalue weighted by atomic mass is 10.2. The van der Waals surface area contributed by atoms with Crippen molar-refractivity contribution in [3.63, 3.8) is 0 Å². The average Bonchev–Trinajstić information content (AvgIpc) is 2.47. The number of hydrogen-bond acceptors (Lipinski definition) is 5. The Morgan fingerprint density at radius 1 is 0.864 bits per heavy atom. The molecule has 0 amide bonds. The van der Waals surface area contributed by atoms with Crippen molar-refractivity contribution in [2.24, 2.45) is 0 Å². The van der Waals surface area contributed by atoms with E-state index in [0.29, 0.717) is 11.1 Å². The maximum Gasteiger partial charge on any atom is 0.269 e. The second-order valence-electron chi connectivity index (χ2n) is 4.93. The zero-order valence-corrected chi connectivity index (χ0v) is 12.5. The third-order valence-electron chi connectivity index (χ3n) is 3.13. The highest BCUT2D eigenvalue weighted by atomic mass is 32.2. The van der Waals surface area contributed by atoms with Gasteiger partial charge in [0.1, 0.15) is 0 Å². The highest BCUT2D eigenvalue weighted by molar-refractivity contribution is 7.89. The van der Waals surface area contributed by atoms with Gasteiger partial charge < -0.3 is 5.11 Å². The first-order valence-corrected chi connectivity index (χ1v) is 8.34. The molecular formula is C15H15NO5S. The lowest BCUT2D eigenvalue weighted by Gasteiger charge is -2.06. The molecule has 0 saturated carbocycles. The molecule has 2 rings (SSSR count). The molecule has 2 aromatic rings. The Bertz CT molecular complexity index is 752. The van der Waals surface area contributed by atoms with Gasteiger partial charge in [0.2, 0.25) is 0 Å². The third kappa shape index (κ3) is 4.37. The van der Waals surface area contributed by atoms with Gasteiger partial charge in [-0.25, -0.2) is 8.42 Å². The monoisotopic (exact) mass is 321 g/mol. The van der Waals surface area contributed by atoms with Gasteiger partial charge in [0.05, 0.1) is 23.0 Å². The molecule has 0 aliphatic heterocycles. The summed E-state index contributed by atoms with van der Waals surface area (Å²) in [5.74, 6) is -0.289. The quantitative estimate of drug-likeness (QED) is 0.650. The summed E-state index contributed by atoms with van der Waals surface area (Å²) in [5.41, 5.74) is 1.80. The van der Waals surface area contributed by atoms with Crippen LogP contribution in [0.25, 0.3) is 0 Å². The van der Waals surface area contributed by atoms with Gasteiger partial charge in [-0.05, 0) is 16.7 Å². The fourth-order valence-electron chi connectivity index (χ4n) is 2.01. The molecule has 0 aliphatic carbocycles. The van der Waals surface area contributed by atoms with Crippen molar-refractivity contribution in [2.45, 2.75) is 18.1 Å². The molecule has 1 N–H and O–H groups in total. The number of hydrogen-bond donors (Lipinski definition) is 1. The number of nitrogens with zero attached hydrogens (tertiary/aromatic N) is 1. The van der Waals surface area contributed by atoms with Crippen LogP contribution in [-0.2, 0) is 27.9 Å². The maximum atomic E-state index is 12.2. The minimum absolute atomic E-state index is 0.0688. The summed E-state index contributed by atoms with van der Waals surface area (Å²) in [6, 6.07) is 12.2. The summed E-state index contributed by atoms with van der Waals surface area (Å²) in [7, 11) is -3.37. The minimum atomic E-state index is -3.37. The Labute approximate surface area is 128 Å². The Kier molecular flexibility index (Phi) is 4.89. The lowest BCUT2D eigenvalue weighted by molar-refractivity contribution is -0.384. The van der Waals surface area contributed by atoms with E-state index in [1.54, 1.807) is 24.3 Å². The van der Waals surface area contributed by atoms with E-state index in [0.717, 1.165) is 5.56 Å². The van der Waals surface area contributed by atoms with E-state index in [-0.39, 0.29) is 23.8 Å². The molecule has 6 nitrogen and oxygen atoms in total. The number of nitro groups is 1. The standard InChI is InChI=1S/C15H15NO5S/c17-9-12-1-3-13(4-2-12)10-22(20,21)11-14-5-7-15(8-6-14)16(18)19/h1-8,17H,9-11H2. The number of sulfone groups is 1. The van der Waals surface area contributed by atoms with Gasteiger partial charge in [0.25, 0.3) is 5.69 Å². The van der Waals surface area contributed by atoms with Gasteiger partial charge in [-0.2, -0.15) is 0 Å². The second kappa shape index (κ2) is 6.67. The Hall–Kier alpha value is -2.25. The van der Waals surface area contributed by atoms with Crippen LogP contribution in [0.15, 0.2) is 48.5 Å². The fourth-order valence-corrected chi connectivity index (χ4v) is 3.52. The Morgan fingerprint density at radius 3 is 1.68 bits per heavy atom. The molecule has 0 fully saturated rings. The number of rotatable bonds is 6. The van der Waals surface area contributed by atoms with Crippen LogP contribution in [0.1, 0.15) is 16.7 Å². The predicted molar refractivity (Wildman–Crippen MR) is 81.8 cm³/mol. The topological polar surface area (TPSA) is 97.5 Å². The van der Waals surface area contributed by atoms with Crippen molar-refractivity contribution in [1.82, 2.24) is 0 Å². The van der Waals surface area contributed by atoms with Crippen molar-refractivity contribution in [3.05, 3.63) is 75.3 Å². The van der Waals surface area contributed by atoms with Gasteiger partial charge in [-0.15, -0.1) is 0 Å². The van der Waals surface area contributed by atoms with Crippen molar-refractivity contribution in [3.8, 4) is 0 Å². The molecule has 22 heavy (non-hydrogen) atoms.